The van der Waals surface area contributed by atoms with E-state index in [1.54, 1.807) is 6.82 Å². The number of halogens is 1. The molecule has 5 heavy (non-hydrogen) atoms. The molecule has 0 fully saturated rings. The molecule has 0 rings (SSSR count). The largest absolute Gasteiger partial charge is 0.348 e. The maximum atomic E-state index is 11.4. The van der Waals surface area contributed by atoms with Gasteiger partial charge in [-0.3, -0.25) is 0 Å². The molecule has 0 saturated carbocycles. The molecule has 0 amide bonds. The SMILES string of the molecule is C[B]B(C)F. The lowest BCUT2D eigenvalue weighted by molar-refractivity contribution is 0.865. The molecule has 0 heterocycles. The summed E-state index contributed by atoms with van der Waals surface area (Å²) >= 11 is 0. The highest BCUT2D eigenvalue weighted by molar-refractivity contribution is 7.07. The first kappa shape index (κ1) is 5.06. The molecule has 27 valence electrons. The molecule has 1 radical (unpaired) electrons. The second-order valence-corrected chi connectivity index (χ2v) is 1.01. The van der Waals surface area contributed by atoms with Crippen LogP contribution in [0.25, 0.3) is 0 Å². The fourth-order valence-corrected chi connectivity index (χ4v) is 0. The van der Waals surface area contributed by atoms with E-state index in [0.717, 1.165) is 0 Å². The molecule has 0 saturated heterocycles. The minimum Gasteiger partial charge on any atom is -0.348 e. The van der Waals surface area contributed by atoms with Crippen molar-refractivity contribution in [3.8, 4) is 0 Å². The van der Waals surface area contributed by atoms with E-state index in [9.17, 15) is 4.32 Å². The van der Waals surface area contributed by atoms with Crippen LogP contribution in [0.4, 0.5) is 4.32 Å². The standard InChI is InChI=1S/C2H6B2F/c1-3-4(2)5/h1-2H3. The second-order valence-electron chi connectivity index (χ2n) is 1.01. The molecule has 0 bridgehead atoms. The fourth-order valence-electron chi connectivity index (χ4n) is 0. The summed E-state index contributed by atoms with van der Waals surface area (Å²) in [6.45, 7) is 2.46. The van der Waals surface area contributed by atoms with Crippen LogP contribution in [-0.4, -0.2) is 14.1 Å². The van der Waals surface area contributed by atoms with Crippen LogP contribution >= 0.6 is 0 Å². The summed E-state index contributed by atoms with van der Waals surface area (Å²) in [6.07, 6.45) is 0. The van der Waals surface area contributed by atoms with Gasteiger partial charge in [0.15, 0.2) is 0 Å². The van der Waals surface area contributed by atoms with E-state index in [4.69, 9.17) is 0 Å². The van der Waals surface area contributed by atoms with Crippen LogP contribution in [-0.2, 0) is 0 Å². The highest BCUT2D eigenvalue weighted by Crippen LogP contribution is 1.73. The smallest absolute Gasteiger partial charge is 0.298 e. The number of rotatable bonds is 1. The van der Waals surface area contributed by atoms with Gasteiger partial charge in [0.05, 0.1) is 0 Å². The van der Waals surface area contributed by atoms with Crippen molar-refractivity contribution in [2.45, 2.75) is 13.6 Å². The van der Waals surface area contributed by atoms with Crippen LogP contribution in [0.5, 0.6) is 0 Å². The molecular formula is C2H6B2F. The lowest BCUT2D eigenvalue weighted by Gasteiger charge is -1.77. The van der Waals surface area contributed by atoms with Crippen molar-refractivity contribution >= 4 is 14.1 Å². The Labute approximate surface area is 33.1 Å². The van der Waals surface area contributed by atoms with E-state index in [1.807, 2.05) is 0 Å². The molecule has 0 atom stereocenters. The monoisotopic (exact) mass is 71.1 g/mol. The third-order valence-electron chi connectivity index (χ3n) is 0.459. The first-order valence-corrected chi connectivity index (χ1v) is 1.71. The zero-order chi connectivity index (χ0) is 4.28. The van der Waals surface area contributed by atoms with Gasteiger partial charge in [-0.15, -0.1) is 0 Å². The summed E-state index contributed by atoms with van der Waals surface area (Å²) in [5.74, 6) is 0. The van der Waals surface area contributed by atoms with Crippen LogP contribution in [0.2, 0.25) is 13.6 Å². The van der Waals surface area contributed by atoms with Crippen LogP contribution in [0.15, 0.2) is 0 Å². The summed E-state index contributed by atoms with van der Waals surface area (Å²) in [6, 6.07) is 0. The van der Waals surface area contributed by atoms with E-state index in [0.29, 0.717) is 0 Å². The minimum atomic E-state index is -0.741. The topological polar surface area (TPSA) is 0 Å². The molecule has 0 aromatic rings. The Kier molecular flexibility index (Phi) is 2.33. The molecule has 0 aromatic carbocycles. The van der Waals surface area contributed by atoms with Gasteiger partial charge in [-0.05, 0) is 0 Å². The summed E-state index contributed by atoms with van der Waals surface area (Å²) in [5.41, 5.74) is 0. The molecule has 0 nitrogen and oxygen atoms in total. The molecule has 0 aromatic heterocycles. The van der Waals surface area contributed by atoms with Gasteiger partial charge in [-0.2, -0.15) is 0 Å². The lowest BCUT2D eigenvalue weighted by atomic mass is 9.38. The summed E-state index contributed by atoms with van der Waals surface area (Å²) in [4.78, 5) is 0. The van der Waals surface area contributed by atoms with Gasteiger partial charge >= 0.3 is 0 Å². The van der Waals surface area contributed by atoms with E-state index in [1.165, 1.54) is 14.0 Å². The van der Waals surface area contributed by atoms with Crippen LogP contribution in [0.3, 0.4) is 0 Å². The van der Waals surface area contributed by atoms with Gasteiger partial charge in [0, 0.05) is 0 Å². The molecule has 3 heteroatoms. The highest BCUT2D eigenvalue weighted by atomic mass is 19.1. The molecule has 0 aliphatic rings. The Balaban J connectivity index is 2.54. The molecular weight excluding hydrogens is 64.6 g/mol. The minimum absolute atomic E-state index is 0.741. The van der Waals surface area contributed by atoms with Gasteiger partial charge in [0.25, 0.3) is 6.88 Å². The Bertz CT molecular complexity index is 21.6. The summed E-state index contributed by atoms with van der Waals surface area (Å²) in [5, 5.41) is 0. The van der Waals surface area contributed by atoms with Crippen molar-refractivity contribution < 1.29 is 4.32 Å². The summed E-state index contributed by atoms with van der Waals surface area (Å²) in [7, 11) is 1.50. The molecule has 0 aliphatic carbocycles. The maximum absolute atomic E-state index is 11.4. The fraction of sp³-hybridized carbons (Fsp3) is 1.00. The first-order chi connectivity index (χ1) is 2.27. The van der Waals surface area contributed by atoms with Gasteiger partial charge in [0.1, 0.15) is 7.17 Å². The predicted octanol–water partition coefficient (Wildman–Crippen LogP) is 0.826. The molecule has 0 aliphatic heterocycles. The Morgan fingerprint density at radius 1 is 1.80 bits per heavy atom. The van der Waals surface area contributed by atoms with Crippen molar-refractivity contribution in [1.82, 2.24) is 0 Å². The Morgan fingerprint density at radius 2 is 2.00 bits per heavy atom. The van der Waals surface area contributed by atoms with E-state index >= 15 is 0 Å². The summed E-state index contributed by atoms with van der Waals surface area (Å²) < 4.78 is 11.4. The first-order valence-electron chi connectivity index (χ1n) is 1.71. The lowest BCUT2D eigenvalue weighted by Crippen LogP contribution is -2.05. The van der Waals surface area contributed by atoms with Crippen molar-refractivity contribution in [1.29, 1.82) is 0 Å². The quantitative estimate of drug-likeness (QED) is 0.401. The second kappa shape index (κ2) is 2.31. The van der Waals surface area contributed by atoms with Crippen molar-refractivity contribution in [2.75, 3.05) is 0 Å². The van der Waals surface area contributed by atoms with Crippen molar-refractivity contribution in [3.63, 3.8) is 0 Å². The number of hydrogen-bond acceptors (Lipinski definition) is 0. The third kappa shape index (κ3) is 4.06. The van der Waals surface area contributed by atoms with E-state index < -0.39 is 6.88 Å². The van der Waals surface area contributed by atoms with E-state index in [2.05, 4.69) is 0 Å². The van der Waals surface area contributed by atoms with Crippen molar-refractivity contribution in [3.05, 3.63) is 0 Å². The normalized spacial score (nSPS) is 7.00. The van der Waals surface area contributed by atoms with Gasteiger partial charge in [0.2, 0.25) is 0 Å². The molecule has 0 unspecified atom stereocenters. The Morgan fingerprint density at radius 3 is 2.00 bits per heavy atom. The Hall–Kier alpha value is 0.0599. The van der Waals surface area contributed by atoms with Gasteiger partial charge < -0.3 is 4.32 Å². The molecule has 0 N–H and O–H groups in total. The average molecular weight is 70.7 g/mol. The van der Waals surface area contributed by atoms with Crippen LogP contribution in [0, 0.1) is 0 Å². The van der Waals surface area contributed by atoms with E-state index in [-0.39, 0.29) is 0 Å². The predicted molar refractivity (Wildman–Crippen MR) is 24.3 cm³/mol. The maximum Gasteiger partial charge on any atom is 0.298 e. The molecule has 0 spiro atoms. The van der Waals surface area contributed by atoms with Gasteiger partial charge in [-0.25, -0.2) is 0 Å². The third-order valence-corrected chi connectivity index (χ3v) is 0.459. The van der Waals surface area contributed by atoms with Crippen LogP contribution in [0.1, 0.15) is 0 Å². The highest BCUT2D eigenvalue weighted by Gasteiger charge is 1.96. The van der Waals surface area contributed by atoms with Gasteiger partial charge in [-0.1, -0.05) is 13.6 Å². The average Bonchev–Trinajstić information content (AvgIpc) is 1.38. The van der Waals surface area contributed by atoms with Crippen LogP contribution < -0.4 is 0 Å². The number of hydrogen-bond donors (Lipinski definition) is 0. The zero-order valence-corrected chi connectivity index (χ0v) is 3.53. The van der Waals surface area contributed by atoms with Crippen molar-refractivity contribution in [2.24, 2.45) is 0 Å². The zero-order valence-electron chi connectivity index (χ0n) is 3.53.